The fourth-order valence-electron chi connectivity index (χ4n) is 2.10. The first-order valence-corrected chi connectivity index (χ1v) is 7.14. The van der Waals surface area contributed by atoms with Crippen LogP contribution in [0.2, 0.25) is 0 Å². The van der Waals surface area contributed by atoms with Crippen molar-refractivity contribution in [2.75, 3.05) is 40.3 Å². The van der Waals surface area contributed by atoms with Gasteiger partial charge in [-0.15, -0.1) is 0 Å². The van der Waals surface area contributed by atoms with Crippen molar-refractivity contribution in [2.24, 2.45) is 0 Å². The van der Waals surface area contributed by atoms with Crippen molar-refractivity contribution in [2.45, 2.75) is 0 Å². The van der Waals surface area contributed by atoms with Crippen LogP contribution in [-0.4, -0.2) is 71.9 Å². The van der Waals surface area contributed by atoms with E-state index < -0.39 is 0 Å². The van der Waals surface area contributed by atoms with Gasteiger partial charge in [-0.25, -0.2) is 4.79 Å². The highest BCUT2D eigenvalue weighted by Crippen LogP contribution is 2.13. The summed E-state index contributed by atoms with van der Waals surface area (Å²) in [6, 6.07) is 1.74. The number of carbonyl (C=O) groups excluding carboxylic acids is 2. The maximum Gasteiger partial charge on any atom is 0.319 e. The number of hydrogen-bond donors (Lipinski definition) is 0. The van der Waals surface area contributed by atoms with Crippen molar-refractivity contribution >= 4 is 27.9 Å². The Bertz CT molecular complexity index is 513. The van der Waals surface area contributed by atoms with Crippen LogP contribution >= 0.6 is 15.9 Å². The molecule has 0 N–H and O–H groups in total. The summed E-state index contributed by atoms with van der Waals surface area (Å²) in [6.45, 7) is 2.21. The van der Waals surface area contributed by atoms with E-state index in [0.717, 1.165) is 4.47 Å². The molecule has 1 aliphatic heterocycles. The summed E-state index contributed by atoms with van der Waals surface area (Å²) in [5, 5.41) is 0. The first-order valence-electron chi connectivity index (χ1n) is 6.35. The van der Waals surface area contributed by atoms with E-state index in [2.05, 4.69) is 20.9 Å². The van der Waals surface area contributed by atoms with Gasteiger partial charge >= 0.3 is 6.03 Å². The lowest BCUT2D eigenvalue weighted by molar-refractivity contribution is 0.0650. The molecule has 0 spiro atoms. The van der Waals surface area contributed by atoms with Crippen LogP contribution < -0.4 is 0 Å². The summed E-state index contributed by atoms with van der Waals surface area (Å²) in [5.41, 5.74) is 0.562. The molecule has 0 saturated carbocycles. The zero-order chi connectivity index (χ0) is 14.7. The average molecular weight is 341 g/mol. The number of hydrogen-bond acceptors (Lipinski definition) is 3. The maximum absolute atomic E-state index is 12.3. The molecule has 6 nitrogen and oxygen atoms in total. The Hall–Kier alpha value is -1.63. The molecular weight excluding hydrogens is 324 g/mol. The Morgan fingerprint density at radius 2 is 1.75 bits per heavy atom. The molecule has 0 atom stereocenters. The zero-order valence-corrected chi connectivity index (χ0v) is 13.1. The molecule has 3 amide bonds. The topological polar surface area (TPSA) is 56.8 Å². The first kappa shape index (κ1) is 14.8. The molecule has 20 heavy (non-hydrogen) atoms. The van der Waals surface area contributed by atoms with Gasteiger partial charge in [-0.2, -0.15) is 0 Å². The van der Waals surface area contributed by atoms with E-state index >= 15 is 0 Å². The molecular formula is C13H17BrN4O2. The summed E-state index contributed by atoms with van der Waals surface area (Å²) in [7, 11) is 3.46. The molecule has 1 fully saturated rings. The molecule has 108 valence electrons. The minimum Gasteiger partial charge on any atom is -0.335 e. The molecule has 1 aromatic rings. The fraction of sp³-hybridized carbons (Fsp3) is 0.462. The number of carbonyl (C=O) groups is 2. The van der Waals surface area contributed by atoms with Crippen LogP contribution in [0, 0.1) is 0 Å². The van der Waals surface area contributed by atoms with Gasteiger partial charge in [-0.3, -0.25) is 9.78 Å². The zero-order valence-electron chi connectivity index (χ0n) is 11.5. The van der Waals surface area contributed by atoms with Gasteiger partial charge in [0, 0.05) is 57.1 Å². The quantitative estimate of drug-likeness (QED) is 0.773. The second kappa shape index (κ2) is 6.21. The predicted molar refractivity (Wildman–Crippen MR) is 78.5 cm³/mol. The van der Waals surface area contributed by atoms with Crippen molar-refractivity contribution in [1.29, 1.82) is 0 Å². The Morgan fingerprint density at radius 1 is 1.15 bits per heavy atom. The van der Waals surface area contributed by atoms with Crippen LogP contribution in [0.1, 0.15) is 10.4 Å². The SMILES string of the molecule is CN(C)C(=O)N1CCN(C(=O)c2cncc(Br)c2)CC1. The molecule has 0 aromatic carbocycles. The van der Waals surface area contributed by atoms with Gasteiger partial charge in [-0.05, 0) is 22.0 Å². The molecule has 1 saturated heterocycles. The van der Waals surface area contributed by atoms with E-state index in [0.29, 0.717) is 31.7 Å². The Balaban J connectivity index is 1.97. The molecule has 1 aliphatic rings. The van der Waals surface area contributed by atoms with Crippen LogP contribution in [0.25, 0.3) is 0 Å². The monoisotopic (exact) mass is 340 g/mol. The molecule has 0 aliphatic carbocycles. The van der Waals surface area contributed by atoms with Crippen molar-refractivity contribution in [1.82, 2.24) is 19.7 Å². The van der Waals surface area contributed by atoms with Crippen LogP contribution in [0.5, 0.6) is 0 Å². The Morgan fingerprint density at radius 3 is 2.30 bits per heavy atom. The predicted octanol–water partition coefficient (Wildman–Crippen LogP) is 1.28. The van der Waals surface area contributed by atoms with Gasteiger partial charge in [0.15, 0.2) is 0 Å². The third-order valence-corrected chi connectivity index (χ3v) is 3.61. The first-order chi connectivity index (χ1) is 9.49. The van der Waals surface area contributed by atoms with Gasteiger partial charge in [-0.1, -0.05) is 0 Å². The number of rotatable bonds is 1. The molecule has 7 heteroatoms. The summed E-state index contributed by atoms with van der Waals surface area (Å²) >= 11 is 3.31. The van der Waals surface area contributed by atoms with Crippen molar-refractivity contribution in [3.63, 3.8) is 0 Å². The Kier molecular flexibility index (Phi) is 4.59. The summed E-state index contributed by atoms with van der Waals surface area (Å²) in [5.74, 6) is -0.0456. The van der Waals surface area contributed by atoms with Gasteiger partial charge in [0.1, 0.15) is 0 Å². The van der Waals surface area contributed by atoms with Crippen LogP contribution in [0.3, 0.4) is 0 Å². The maximum atomic E-state index is 12.3. The van der Waals surface area contributed by atoms with E-state index in [-0.39, 0.29) is 11.9 Å². The summed E-state index contributed by atoms with van der Waals surface area (Å²) in [4.78, 5) is 33.2. The number of amides is 3. The fourth-order valence-corrected chi connectivity index (χ4v) is 2.46. The number of pyridine rings is 1. The molecule has 0 unspecified atom stereocenters. The smallest absolute Gasteiger partial charge is 0.319 e. The lowest BCUT2D eigenvalue weighted by atomic mass is 10.2. The molecule has 2 rings (SSSR count). The summed E-state index contributed by atoms with van der Waals surface area (Å²) in [6.07, 6.45) is 3.20. The van der Waals surface area contributed by atoms with Gasteiger partial charge < -0.3 is 14.7 Å². The largest absolute Gasteiger partial charge is 0.335 e. The standard InChI is InChI=1S/C13H17BrN4O2/c1-16(2)13(20)18-5-3-17(4-6-18)12(19)10-7-11(14)9-15-8-10/h7-9H,3-6H2,1-2H3. The normalized spacial score (nSPS) is 15.2. The number of aromatic nitrogens is 1. The van der Waals surface area contributed by atoms with Crippen molar-refractivity contribution < 1.29 is 9.59 Å². The van der Waals surface area contributed by atoms with E-state index in [1.165, 1.54) is 0 Å². The molecule has 0 bridgehead atoms. The van der Waals surface area contributed by atoms with Gasteiger partial charge in [0.25, 0.3) is 5.91 Å². The second-order valence-electron chi connectivity index (χ2n) is 4.85. The number of nitrogens with zero attached hydrogens (tertiary/aromatic N) is 4. The number of urea groups is 1. The van der Waals surface area contributed by atoms with Crippen molar-refractivity contribution in [3.8, 4) is 0 Å². The van der Waals surface area contributed by atoms with E-state index in [1.54, 1.807) is 47.3 Å². The Labute approximate surface area is 126 Å². The van der Waals surface area contributed by atoms with Gasteiger partial charge in [0.2, 0.25) is 0 Å². The van der Waals surface area contributed by atoms with E-state index in [4.69, 9.17) is 0 Å². The lowest BCUT2D eigenvalue weighted by Crippen LogP contribution is -2.52. The van der Waals surface area contributed by atoms with Crippen molar-refractivity contribution in [3.05, 3.63) is 28.5 Å². The minimum absolute atomic E-state index is 0.0128. The third-order valence-electron chi connectivity index (χ3n) is 3.17. The van der Waals surface area contributed by atoms with Gasteiger partial charge in [0.05, 0.1) is 5.56 Å². The number of piperazine rings is 1. The molecule has 0 radical (unpaired) electrons. The lowest BCUT2D eigenvalue weighted by Gasteiger charge is -2.35. The third kappa shape index (κ3) is 3.27. The van der Waals surface area contributed by atoms with Crippen LogP contribution in [-0.2, 0) is 0 Å². The number of halogens is 1. The van der Waals surface area contributed by atoms with E-state index in [1.807, 2.05) is 0 Å². The highest BCUT2D eigenvalue weighted by Gasteiger charge is 2.25. The molecule has 2 heterocycles. The average Bonchev–Trinajstić information content (AvgIpc) is 2.46. The van der Waals surface area contributed by atoms with E-state index in [9.17, 15) is 9.59 Å². The van der Waals surface area contributed by atoms with Crippen LogP contribution in [0.4, 0.5) is 4.79 Å². The minimum atomic E-state index is -0.0456. The molecule has 1 aromatic heterocycles. The highest BCUT2D eigenvalue weighted by molar-refractivity contribution is 9.10. The second-order valence-corrected chi connectivity index (χ2v) is 5.76. The summed E-state index contributed by atoms with van der Waals surface area (Å²) < 4.78 is 0.782. The van der Waals surface area contributed by atoms with Crippen LogP contribution in [0.15, 0.2) is 22.9 Å². The highest BCUT2D eigenvalue weighted by atomic mass is 79.9.